The largest absolute Gasteiger partial charge is 0.323 e. The molecule has 0 fully saturated rings. The van der Waals surface area contributed by atoms with Crippen LogP contribution in [0.2, 0.25) is 0 Å². The van der Waals surface area contributed by atoms with Crippen molar-refractivity contribution in [3.63, 3.8) is 0 Å². The normalized spacial score (nSPS) is 16.6. The lowest BCUT2D eigenvalue weighted by Crippen LogP contribution is -2.28. The third kappa shape index (κ3) is 3.73. The van der Waals surface area contributed by atoms with Gasteiger partial charge in [-0.15, -0.1) is 0 Å². The summed E-state index contributed by atoms with van der Waals surface area (Å²) in [6, 6.07) is 4.22. The molecular weight excluding hydrogens is 265 g/mol. The first-order valence-electron chi connectivity index (χ1n) is 7.01. The van der Waals surface area contributed by atoms with E-state index in [1.54, 1.807) is 6.07 Å². The Balaban J connectivity index is 2.38. The Morgan fingerprint density at radius 1 is 1.43 bits per heavy atom. The van der Waals surface area contributed by atoms with Crippen LogP contribution in [0.4, 0.5) is 10.1 Å². The summed E-state index contributed by atoms with van der Waals surface area (Å²) in [6.45, 7) is 7.75. The molecule has 110 valence electrons. The van der Waals surface area contributed by atoms with Crippen LogP contribution < -0.4 is 5.73 Å². The Hall–Kier alpha value is -2.07. The van der Waals surface area contributed by atoms with Crippen LogP contribution in [0.1, 0.15) is 25.3 Å². The summed E-state index contributed by atoms with van der Waals surface area (Å²) >= 11 is 0. The molecule has 0 bridgehead atoms. The molecule has 2 rings (SSSR count). The van der Waals surface area contributed by atoms with Gasteiger partial charge >= 0.3 is 0 Å². The summed E-state index contributed by atoms with van der Waals surface area (Å²) in [5, 5.41) is 0. The maximum atomic E-state index is 13.2. The van der Waals surface area contributed by atoms with Gasteiger partial charge in [-0.3, -0.25) is 9.98 Å². The van der Waals surface area contributed by atoms with Gasteiger partial charge in [0.05, 0.1) is 17.1 Å². The molecule has 2 N–H and O–H groups in total. The van der Waals surface area contributed by atoms with E-state index < -0.39 is 0 Å². The quantitative estimate of drug-likeness (QED) is 0.839. The first kappa shape index (κ1) is 15.3. The fourth-order valence-electron chi connectivity index (χ4n) is 2.16. The maximum absolute atomic E-state index is 13.2. The van der Waals surface area contributed by atoms with Gasteiger partial charge in [-0.25, -0.2) is 4.39 Å². The van der Waals surface area contributed by atoms with Crippen LogP contribution in [-0.2, 0) is 0 Å². The van der Waals surface area contributed by atoms with E-state index in [9.17, 15) is 4.39 Å². The standard InChI is InChI=1S/C17H20FN3/c1-11-10-14(18)7-8-15(11)21-17(13(3)19)12(2)16-6-4-5-9-20-16/h6-10,13H,2,4-5,19H2,1,3H3/b21-17+/t13-/m0/s1. The van der Waals surface area contributed by atoms with Crippen molar-refractivity contribution < 1.29 is 4.39 Å². The van der Waals surface area contributed by atoms with Crippen molar-refractivity contribution >= 4 is 17.6 Å². The van der Waals surface area contributed by atoms with Crippen LogP contribution in [0.3, 0.4) is 0 Å². The predicted molar refractivity (Wildman–Crippen MR) is 86.8 cm³/mol. The predicted octanol–water partition coefficient (Wildman–Crippen LogP) is 3.86. The van der Waals surface area contributed by atoms with Crippen molar-refractivity contribution in [3.8, 4) is 0 Å². The topological polar surface area (TPSA) is 50.7 Å². The maximum Gasteiger partial charge on any atom is 0.123 e. The number of halogens is 1. The number of allylic oxidation sites excluding steroid dienone is 2. The first-order valence-corrected chi connectivity index (χ1v) is 7.01. The molecule has 1 aromatic rings. The monoisotopic (exact) mass is 285 g/mol. The van der Waals surface area contributed by atoms with Crippen molar-refractivity contribution in [2.45, 2.75) is 32.7 Å². The van der Waals surface area contributed by atoms with E-state index >= 15 is 0 Å². The zero-order valence-corrected chi connectivity index (χ0v) is 12.4. The fourth-order valence-corrected chi connectivity index (χ4v) is 2.16. The average Bonchev–Trinajstić information content (AvgIpc) is 2.46. The van der Waals surface area contributed by atoms with Crippen molar-refractivity contribution in [2.75, 3.05) is 0 Å². The van der Waals surface area contributed by atoms with Gasteiger partial charge in [0, 0.05) is 17.8 Å². The Labute approximate surface area is 124 Å². The summed E-state index contributed by atoms with van der Waals surface area (Å²) in [6.07, 6.45) is 5.80. The Bertz CT molecular complexity index is 639. The zero-order chi connectivity index (χ0) is 15.4. The number of nitrogens with two attached hydrogens (primary N) is 1. The minimum Gasteiger partial charge on any atom is -0.323 e. The summed E-state index contributed by atoms with van der Waals surface area (Å²) in [5.41, 5.74) is 9.71. The van der Waals surface area contributed by atoms with Crippen molar-refractivity contribution in [2.24, 2.45) is 15.7 Å². The number of rotatable bonds is 4. The van der Waals surface area contributed by atoms with E-state index in [-0.39, 0.29) is 11.9 Å². The van der Waals surface area contributed by atoms with Crippen molar-refractivity contribution in [1.29, 1.82) is 0 Å². The third-order valence-electron chi connectivity index (χ3n) is 3.31. The highest BCUT2D eigenvalue weighted by Crippen LogP contribution is 2.24. The lowest BCUT2D eigenvalue weighted by atomic mass is 10.0. The van der Waals surface area contributed by atoms with Crippen LogP contribution in [0, 0.1) is 12.7 Å². The molecule has 0 unspecified atom stereocenters. The number of hydrogen-bond donors (Lipinski definition) is 1. The lowest BCUT2D eigenvalue weighted by molar-refractivity contribution is 0.627. The molecule has 4 heteroatoms. The number of aryl methyl sites for hydroxylation is 1. The smallest absolute Gasteiger partial charge is 0.123 e. The highest BCUT2D eigenvalue weighted by Gasteiger charge is 2.15. The van der Waals surface area contributed by atoms with Gasteiger partial charge in [0.1, 0.15) is 5.82 Å². The minimum absolute atomic E-state index is 0.271. The second-order valence-electron chi connectivity index (χ2n) is 5.17. The van der Waals surface area contributed by atoms with E-state index in [1.165, 1.54) is 12.1 Å². The molecular formula is C17H20FN3. The van der Waals surface area contributed by atoms with Crippen LogP contribution >= 0.6 is 0 Å². The minimum atomic E-state index is -0.278. The van der Waals surface area contributed by atoms with Crippen LogP contribution in [0.15, 0.2) is 52.1 Å². The van der Waals surface area contributed by atoms with Crippen molar-refractivity contribution in [1.82, 2.24) is 0 Å². The van der Waals surface area contributed by atoms with Crippen molar-refractivity contribution in [3.05, 3.63) is 53.5 Å². The summed E-state index contributed by atoms with van der Waals surface area (Å²) in [5.74, 6) is -0.271. The molecule has 1 aliphatic heterocycles. The molecule has 0 saturated carbocycles. The SMILES string of the molecule is C=C(C1=CCCC=N1)/C(=N\c1ccc(F)cc1C)[C@H](C)N. The second-order valence-corrected chi connectivity index (χ2v) is 5.17. The molecule has 1 heterocycles. The van der Waals surface area contributed by atoms with Gasteiger partial charge in [0.15, 0.2) is 0 Å². The first-order chi connectivity index (χ1) is 9.99. The molecule has 0 radical (unpaired) electrons. The molecule has 0 spiro atoms. The van der Waals surface area contributed by atoms with Gasteiger partial charge in [-0.1, -0.05) is 12.7 Å². The van der Waals surface area contributed by atoms with E-state index in [0.29, 0.717) is 11.4 Å². The van der Waals surface area contributed by atoms with Gasteiger partial charge < -0.3 is 5.73 Å². The molecule has 0 aliphatic carbocycles. The molecule has 1 aromatic carbocycles. The number of aliphatic imine (C=N–C) groups is 2. The highest BCUT2D eigenvalue weighted by molar-refractivity contribution is 6.08. The van der Waals surface area contributed by atoms with E-state index in [2.05, 4.69) is 16.6 Å². The Morgan fingerprint density at radius 2 is 2.19 bits per heavy atom. The molecule has 0 amide bonds. The van der Waals surface area contributed by atoms with Crippen LogP contribution in [0.5, 0.6) is 0 Å². The molecule has 3 nitrogen and oxygen atoms in total. The van der Waals surface area contributed by atoms with Gasteiger partial charge in [-0.2, -0.15) is 0 Å². The average molecular weight is 285 g/mol. The number of hydrogen-bond acceptors (Lipinski definition) is 3. The second kappa shape index (κ2) is 6.59. The summed E-state index contributed by atoms with van der Waals surface area (Å²) < 4.78 is 13.2. The molecule has 0 aromatic heterocycles. The van der Waals surface area contributed by atoms with E-state index in [1.807, 2.05) is 26.1 Å². The third-order valence-corrected chi connectivity index (χ3v) is 3.31. The molecule has 21 heavy (non-hydrogen) atoms. The number of nitrogens with zero attached hydrogens (tertiary/aromatic N) is 2. The fraction of sp³-hybridized carbons (Fsp3) is 0.294. The lowest BCUT2D eigenvalue weighted by Gasteiger charge is -2.16. The summed E-state index contributed by atoms with van der Waals surface area (Å²) in [7, 11) is 0. The Morgan fingerprint density at radius 3 is 2.76 bits per heavy atom. The molecule has 1 atom stereocenters. The van der Waals surface area contributed by atoms with E-state index in [0.717, 1.165) is 29.7 Å². The summed E-state index contributed by atoms with van der Waals surface area (Å²) in [4.78, 5) is 8.94. The van der Waals surface area contributed by atoms with Gasteiger partial charge in [0.25, 0.3) is 0 Å². The Kier molecular flexibility index (Phi) is 4.81. The molecule has 0 saturated heterocycles. The van der Waals surface area contributed by atoms with Crippen LogP contribution in [-0.4, -0.2) is 18.0 Å². The van der Waals surface area contributed by atoms with Gasteiger partial charge in [-0.05, 0) is 50.5 Å². The van der Waals surface area contributed by atoms with E-state index in [4.69, 9.17) is 5.73 Å². The van der Waals surface area contributed by atoms with Crippen LogP contribution in [0.25, 0.3) is 0 Å². The zero-order valence-electron chi connectivity index (χ0n) is 12.4. The number of benzene rings is 1. The van der Waals surface area contributed by atoms with Gasteiger partial charge in [0.2, 0.25) is 0 Å². The highest BCUT2D eigenvalue weighted by atomic mass is 19.1. The molecule has 1 aliphatic rings.